The van der Waals surface area contributed by atoms with Gasteiger partial charge < -0.3 is 9.47 Å². The second-order valence-electron chi connectivity index (χ2n) is 4.29. The highest BCUT2D eigenvalue weighted by Gasteiger charge is 2.43. The highest BCUT2D eigenvalue weighted by Crippen LogP contribution is 2.43. The summed E-state index contributed by atoms with van der Waals surface area (Å²) in [5.41, 5.74) is 2.65. The summed E-state index contributed by atoms with van der Waals surface area (Å²) >= 11 is 0. The number of nitrogens with zero attached hydrogens (tertiary/aromatic N) is 2. The Hall–Kier alpha value is -2.11. The first-order valence-corrected chi connectivity index (χ1v) is 5.93. The van der Waals surface area contributed by atoms with E-state index in [1.54, 1.807) is 18.3 Å². The Morgan fingerprint density at radius 3 is 2.68 bits per heavy atom. The van der Waals surface area contributed by atoms with Crippen LogP contribution in [0.4, 0.5) is 8.78 Å². The maximum Gasteiger partial charge on any atom is 0.586 e. The van der Waals surface area contributed by atoms with Crippen LogP contribution in [0.1, 0.15) is 12.6 Å². The van der Waals surface area contributed by atoms with Crippen LogP contribution >= 0.6 is 0 Å². The van der Waals surface area contributed by atoms with Gasteiger partial charge in [0.1, 0.15) is 0 Å². The van der Waals surface area contributed by atoms with Crippen molar-refractivity contribution in [1.29, 1.82) is 0 Å². The quantitative estimate of drug-likeness (QED) is 0.837. The third-order valence-corrected chi connectivity index (χ3v) is 3.11. The minimum absolute atomic E-state index is 0.0474. The lowest BCUT2D eigenvalue weighted by Gasteiger charge is -2.04. The van der Waals surface area contributed by atoms with Gasteiger partial charge in [-0.15, -0.1) is 8.78 Å². The van der Waals surface area contributed by atoms with Crippen molar-refractivity contribution in [3.8, 4) is 22.6 Å². The number of alkyl halides is 2. The Labute approximate surface area is 108 Å². The summed E-state index contributed by atoms with van der Waals surface area (Å²) in [7, 11) is 0. The second kappa shape index (κ2) is 3.94. The molecule has 0 unspecified atom stereocenters. The van der Waals surface area contributed by atoms with Crippen molar-refractivity contribution < 1.29 is 18.3 Å². The maximum absolute atomic E-state index is 12.9. The van der Waals surface area contributed by atoms with Crippen molar-refractivity contribution in [2.45, 2.75) is 26.7 Å². The Morgan fingerprint density at radius 2 is 2.00 bits per heavy atom. The van der Waals surface area contributed by atoms with Gasteiger partial charge in [-0.3, -0.25) is 4.68 Å². The van der Waals surface area contributed by atoms with Gasteiger partial charge in [0.05, 0.1) is 6.20 Å². The highest BCUT2D eigenvalue weighted by atomic mass is 19.3. The van der Waals surface area contributed by atoms with Crippen molar-refractivity contribution in [1.82, 2.24) is 9.78 Å². The molecular formula is C13H12F2N2O2. The SMILES string of the molecule is CCn1ncc(-c2ccc3c(c2)OC(F)(F)O3)c1C. The van der Waals surface area contributed by atoms with Gasteiger partial charge >= 0.3 is 6.29 Å². The number of benzene rings is 1. The molecule has 100 valence electrons. The summed E-state index contributed by atoms with van der Waals surface area (Å²) in [6.07, 6.45) is -1.86. The number of halogens is 2. The first kappa shape index (κ1) is 12.0. The minimum atomic E-state index is -3.58. The molecule has 0 spiro atoms. The standard InChI is InChI=1S/C13H12F2N2O2/c1-3-17-8(2)10(7-16-17)9-4-5-11-12(6-9)19-13(14,15)18-11/h4-7H,3H2,1-2H3. The van der Waals surface area contributed by atoms with Gasteiger partial charge in [-0.1, -0.05) is 6.07 Å². The van der Waals surface area contributed by atoms with Crippen molar-refractivity contribution in [3.63, 3.8) is 0 Å². The molecule has 3 rings (SSSR count). The van der Waals surface area contributed by atoms with E-state index in [1.165, 1.54) is 6.07 Å². The molecule has 0 amide bonds. The summed E-state index contributed by atoms with van der Waals surface area (Å²) in [6.45, 7) is 4.68. The molecule has 0 bridgehead atoms. The smallest absolute Gasteiger partial charge is 0.395 e. The lowest BCUT2D eigenvalue weighted by atomic mass is 10.1. The molecule has 19 heavy (non-hydrogen) atoms. The van der Waals surface area contributed by atoms with Crippen LogP contribution in [0.25, 0.3) is 11.1 Å². The summed E-state index contributed by atoms with van der Waals surface area (Å²) in [4.78, 5) is 0. The molecule has 0 saturated carbocycles. The molecule has 6 heteroatoms. The van der Waals surface area contributed by atoms with Crippen LogP contribution in [0.5, 0.6) is 11.5 Å². The molecule has 0 aliphatic carbocycles. The van der Waals surface area contributed by atoms with Gasteiger partial charge in [0.2, 0.25) is 0 Å². The minimum Gasteiger partial charge on any atom is -0.395 e. The molecule has 1 aliphatic heterocycles. The number of aromatic nitrogens is 2. The van der Waals surface area contributed by atoms with E-state index in [2.05, 4.69) is 14.6 Å². The van der Waals surface area contributed by atoms with E-state index in [0.717, 1.165) is 23.4 Å². The number of fused-ring (bicyclic) bond motifs is 1. The first-order chi connectivity index (χ1) is 9.00. The van der Waals surface area contributed by atoms with E-state index in [9.17, 15) is 8.78 Å². The van der Waals surface area contributed by atoms with Gasteiger partial charge in [-0.25, -0.2) is 0 Å². The lowest BCUT2D eigenvalue weighted by Crippen LogP contribution is -2.25. The van der Waals surface area contributed by atoms with Crippen molar-refractivity contribution >= 4 is 0 Å². The van der Waals surface area contributed by atoms with E-state index in [-0.39, 0.29) is 11.5 Å². The fraction of sp³-hybridized carbons (Fsp3) is 0.308. The average molecular weight is 266 g/mol. The van der Waals surface area contributed by atoms with Gasteiger partial charge in [0.15, 0.2) is 11.5 Å². The molecule has 0 fully saturated rings. The Morgan fingerprint density at radius 1 is 1.26 bits per heavy atom. The summed E-state index contributed by atoms with van der Waals surface area (Å²) in [5.74, 6) is 0.0976. The lowest BCUT2D eigenvalue weighted by molar-refractivity contribution is -0.286. The van der Waals surface area contributed by atoms with Gasteiger partial charge in [-0.05, 0) is 31.5 Å². The molecular weight excluding hydrogens is 254 g/mol. The van der Waals surface area contributed by atoms with E-state index in [4.69, 9.17) is 0 Å². The summed E-state index contributed by atoms with van der Waals surface area (Å²) in [6, 6.07) is 4.74. The van der Waals surface area contributed by atoms with Crippen LogP contribution in [-0.4, -0.2) is 16.1 Å². The predicted octanol–water partition coefficient (Wildman–Crippen LogP) is 3.20. The largest absolute Gasteiger partial charge is 0.586 e. The van der Waals surface area contributed by atoms with Gasteiger partial charge in [0, 0.05) is 17.8 Å². The molecule has 0 saturated heterocycles. The van der Waals surface area contributed by atoms with Crippen LogP contribution in [0.3, 0.4) is 0 Å². The Balaban J connectivity index is 2.02. The summed E-state index contributed by atoms with van der Waals surface area (Å²) < 4.78 is 36.6. The molecule has 2 heterocycles. The van der Waals surface area contributed by atoms with E-state index >= 15 is 0 Å². The zero-order valence-corrected chi connectivity index (χ0v) is 10.5. The van der Waals surface area contributed by atoms with Crippen LogP contribution in [0, 0.1) is 6.92 Å². The number of hydrogen-bond acceptors (Lipinski definition) is 3. The van der Waals surface area contributed by atoms with Gasteiger partial charge in [0.25, 0.3) is 0 Å². The topological polar surface area (TPSA) is 36.3 Å². The van der Waals surface area contributed by atoms with Crippen molar-refractivity contribution in [3.05, 3.63) is 30.1 Å². The fourth-order valence-corrected chi connectivity index (χ4v) is 2.17. The molecule has 1 aromatic carbocycles. The van der Waals surface area contributed by atoms with Crippen molar-refractivity contribution in [2.24, 2.45) is 0 Å². The van der Waals surface area contributed by atoms with Crippen LogP contribution in [0.2, 0.25) is 0 Å². The third kappa shape index (κ3) is 1.93. The maximum atomic E-state index is 12.9. The van der Waals surface area contributed by atoms with Crippen molar-refractivity contribution in [2.75, 3.05) is 0 Å². The van der Waals surface area contributed by atoms with Crippen LogP contribution in [0.15, 0.2) is 24.4 Å². The molecule has 0 radical (unpaired) electrons. The summed E-state index contributed by atoms with van der Waals surface area (Å²) in [5, 5.41) is 4.23. The Kier molecular flexibility index (Phi) is 2.48. The average Bonchev–Trinajstić information content (AvgIpc) is 2.86. The second-order valence-corrected chi connectivity index (χ2v) is 4.29. The van der Waals surface area contributed by atoms with Gasteiger partial charge in [-0.2, -0.15) is 5.10 Å². The van der Waals surface area contributed by atoms with E-state index < -0.39 is 6.29 Å². The number of aryl methyl sites for hydroxylation is 1. The Bertz CT molecular complexity index is 638. The monoisotopic (exact) mass is 266 g/mol. The first-order valence-electron chi connectivity index (χ1n) is 5.93. The highest BCUT2D eigenvalue weighted by molar-refractivity contribution is 5.69. The predicted molar refractivity (Wildman–Crippen MR) is 64.3 cm³/mol. The third-order valence-electron chi connectivity index (χ3n) is 3.11. The molecule has 0 atom stereocenters. The van der Waals surface area contributed by atoms with E-state index in [0.29, 0.717) is 0 Å². The molecule has 4 nitrogen and oxygen atoms in total. The fourth-order valence-electron chi connectivity index (χ4n) is 2.17. The van der Waals surface area contributed by atoms with Crippen LogP contribution in [-0.2, 0) is 6.54 Å². The molecule has 1 aliphatic rings. The number of ether oxygens (including phenoxy) is 2. The molecule has 1 aromatic heterocycles. The number of hydrogen-bond donors (Lipinski definition) is 0. The zero-order chi connectivity index (χ0) is 13.6. The zero-order valence-electron chi connectivity index (χ0n) is 10.5. The number of rotatable bonds is 2. The molecule has 2 aromatic rings. The van der Waals surface area contributed by atoms with E-state index in [1.807, 2.05) is 18.5 Å². The normalized spacial score (nSPS) is 15.8. The molecule has 0 N–H and O–H groups in total. The van der Waals surface area contributed by atoms with Crippen LogP contribution < -0.4 is 9.47 Å².